The first-order valence-electron chi connectivity index (χ1n) is 6.77. The zero-order chi connectivity index (χ0) is 12.8. The average Bonchev–Trinajstić information content (AvgIpc) is 2.46. The van der Waals surface area contributed by atoms with Gasteiger partial charge in [-0.15, -0.1) is 0 Å². The fraction of sp³-hybridized carbons (Fsp3) is 0.600. The second-order valence-electron chi connectivity index (χ2n) is 5.01. The molecule has 3 heteroatoms. The van der Waals surface area contributed by atoms with Gasteiger partial charge in [0.05, 0.1) is 7.11 Å². The number of hydrogen-bond acceptors (Lipinski definition) is 2. The summed E-state index contributed by atoms with van der Waals surface area (Å²) in [6.45, 7) is 1.88. The number of methoxy groups -OCH3 is 1. The molecule has 0 amide bonds. The van der Waals surface area contributed by atoms with E-state index in [9.17, 15) is 4.39 Å². The van der Waals surface area contributed by atoms with Crippen molar-refractivity contribution in [3.63, 3.8) is 0 Å². The van der Waals surface area contributed by atoms with Gasteiger partial charge in [-0.25, -0.2) is 4.39 Å². The Kier molecular flexibility index (Phi) is 5.00. The molecule has 2 rings (SSSR count). The minimum Gasteiger partial charge on any atom is -0.497 e. The SMILES string of the molecule is COc1ccc(CCC(F)C2CCCNC2)cc1. The Morgan fingerprint density at radius 3 is 2.78 bits per heavy atom. The van der Waals surface area contributed by atoms with Crippen LogP contribution in [0.5, 0.6) is 5.75 Å². The van der Waals surface area contributed by atoms with Crippen molar-refractivity contribution in [1.29, 1.82) is 0 Å². The third kappa shape index (κ3) is 3.70. The van der Waals surface area contributed by atoms with E-state index < -0.39 is 6.17 Å². The number of hydrogen-bond donors (Lipinski definition) is 1. The third-order valence-electron chi connectivity index (χ3n) is 3.71. The van der Waals surface area contributed by atoms with Crippen molar-refractivity contribution in [1.82, 2.24) is 5.32 Å². The van der Waals surface area contributed by atoms with Gasteiger partial charge in [-0.3, -0.25) is 0 Å². The molecule has 0 aromatic heterocycles. The Bertz CT molecular complexity index is 346. The van der Waals surface area contributed by atoms with Gasteiger partial charge in [-0.1, -0.05) is 12.1 Å². The van der Waals surface area contributed by atoms with Crippen LogP contribution >= 0.6 is 0 Å². The summed E-state index contributed by atoms with van der Waals surface area (Å²) in [5, 5.41) is 3.27. The monoisotopic (exact) mass is 251 g/mol. The molecule has 2 nitrogen and oxygen atoms in total. The smallest absolute Gasteiger partial charge is 0.118 e. The Balaban J connectivity index is 1.78. The van der Waals surface area contributed by atoms with Crippen molar-refractivity contribution in [3.05, 3.63) is 29.8 Å². The van der Waals surface area contributed by atoms with Gasteiger partial charge in [0.2, 0.25) is 0 Å². The molecule has 0 spiro atoms. The highest BCUT2D eigenvalue weighted by Gasteiger charge is 2.22. The molecule has 18 heavy (non-hydrogen) atoms. The molecule has 1 heterocycles. The first-order valence-corrected chi connectivity index (χ1v) is 6.77. The number of piperidine rings is 1. The van der Waals surface area contributed by atoms with Crippen LogP contribution in [0, 0.1) is 5.92 Å². The number of rotatable bonds is 5. The van der Waals surface area contributed by atoms with Crippen LogP contribution in [0.25, 0.3) is 0 Å². The molecule has 1 fully saturated rings. The zero-order valence-electron chi connectivity index (χ0n) is 11.0. The molecular weight excluding hydrogens is 229 g/mol. The van der Waals surface area contributed by atoms with Gasteiger partial charge in [0.1, 0.15) is 11.9 Å². The topological polar surface area (TPSA) is 21.3 Å². The Morgan fingerprint density at radius 2 is 2.17 bits per heavy atom. The highest BCUT2D eigenvalue weighted by molar-refractivity contribution is 5.27. The summed E-state index contributed by atoms with van der Waals surface area (Å²) in [5.41, 5.74) is 1.18. The Hall–Kier alpha value is -1.09. The van der Waals surface area contributed by atoms with Gasteiger partial charge in [-0.05, 0) is 49.9 Å². The van der Waals surface area contributed by atoms with E-state index >= 15 is 0 Å². The quantitative estimate of drug-likeness (QED) is 0.868. The lowest BCUT2D eigenvalue weighted by Gasteiger charge is -2.25. The summed E-state index contributed by atoms with van der Waals surface area (Å²) in [5.74, 6) is 1.06. The summed E-state index contributed by atoms with van der Waals surface area (Å²) in [4.78, 5) is 0. The molecule has 1 saturated heterocycles. The van der Waals surface area contributed by atoms with Crippen LogP contribution in [-0.2, 0) is 6.42 Å². The van der Waals surface area contributed by atoms with Gasteiger partial charge in [0.25, 0.3) is 0 Å². The maximum absolute atomic E-state index is 14.1. The molecule has 0 bridgehead atoms. The van der Waals surface area contributed by atoms with Crippen LogP contribution in [0.2, 0.25) is 0 Å². The molecule has 0 radical (unpaired) electrons. The third-order valence-corrected chi connectivity index (χ3v) is 3.71. The first kappa shape index (κ1) is 13.3. The summed E-state index contributed by atoms with van der Waals surface area (Å²) in [6.07, 6.45) is 2.88. The van der Waals surface area contributed by atoms with Crippen LogP contribution in [0.1, 0.15) is 24.8 Å². The highest BCUT2D eigenvalue weighted by Crippen LogP contribution is 2.22. The van der Waals surface area contributed by atoms with E-state index in [0.717, 1.165) is 38.1 Å². The molecule has 0 aliphatic carbocycles. The van der Waals surface area contributed by atoms with Crippen molar-refractivity contribution in [2.75, 3.05) is 20.2 Å². The maximum Gasteiger partial charge on any atom is 0.118 e. The van der Waals surface area contributed by atoms with E-state index in [1.165, 1.54) is 5.56 Å². The summed E-state index contributed by atoms with van der Waals surface area (Å²) >= 11 is 0. The van der Waals surface area contributed by atoms with E-state index in [1.54, 1.807) is 7.11 Å². The van der Waals surface area contributed by atoms with Gasteiger partial charge >= 0.3 is 0 Å². The Morgan fingerprint density at radius 1 is 1.39 bits per heavy atom. The molecule has 100 valence electrons. The van der Waals surface area contributed by atoms with E-state index in [0.29, 0.717) is 6.42 Å². The van der Waals surface area contributed by atoms with Crippen LogP contribution < -0.4 is 10.1 Å². The van der Waals surface area contributed by atoms with Crippen LogP contribution in [0.3, 0.4) is 0 Å². The van der Waals surface area contributed by atoms with Crippen LogP contribution in [0.15, 0.2) is 24.3 Å². The second-order valence-corrected chi connectivity index (χ2v) is 5.01. The normalized spacial score (nSPS) is 21.6. The van der Waals surface area contributed by atoms with E-state index in [4.69, 9.17) is 4.74 Å². The summed E-state index contributed by atoms with van der Waals surface area (Å²) < 4.78 is 19.2. The largest absolute Gasteiger partial charge is 0.497 e. The molecule has 1 aromatic carbocycles. The van der Waals surface area contributed by atoms with E-state index in [1.807, 2.05) is 24.3 Å². The van der Waals surface area contributed by atoms with Crippen molar-refractivity contribution in [2.45, 2.75) is 31.9 Å². The van der Waals surface area contributed by atoms with E-state index in [2.05, 4.69) is 5.32 Å². The van der Waals surface area contributed by atoms with Gasteiger partial charge in [0, 0.05) is 12.5 Å². The molecule has 1 aliphatic heterocycles. The second kappa shape index (κ2) is 6.74. The molecule has 2 unspecified atom stereocenters. The summed E-state index contributed by atoms with van der Waals surface area (Å²) in [7, 11) is 1.66. The number of aryl methyl sites for hydroxylation is 1. The van der Waals surface area contributed by atoms with Gasteiger partial charge in [0.15, 0.2) is 0 Å². The Labute approximate surface area is 109 Å². The lowest BCUT2D eigenvalue weighted by atomic mass is 9.91. The molecule has 1 aromatic rings. The van der Waals surface area contributed by atoms with Crippen LogP contribution in [0.4, 0.5) is 4.39 Å². The first-order chi connectivity index (χ1) is 8.79. The number of nitrogens with one attached hydrogen (secondary N) is 1. The molecule has 1 N–H and O–H groups in total. The highest BCUT2D eigenvalue weighted by atomic mass is 19.1. The number of ether oxygens (including phenoxy) is 1. The predicted octanol–water partition coefficient (Wildman–Crippen LogP) is 2.97. The lowest BCUT2D eigenvalue weighted by Crippen LogP contribution is -2.35. The van der Waals surface area contributed by atoms with Gasteiger partial charge < -0.3 is 10.1 Å². The molecule has 1 aliphatic rings. The fourth-order valence-electron chi connectivity index (χ4n) is 2.52. The number of alkyl halides is 1. The molecular formula is C15H22FNO. The average molecular weight is 251 g/mol. The standard InChI is InChI=1S/C15H22FNO/c1-18-14-7-4-12(5-8-14)6-9-15(16)13-3-2-10-17-11-13/h4-5,7-8,13,15,17H,2-3,6,9-11H2,1H3. The van der Waals surface area contributed by atoms with E-state index in [-0.39, 0.29) is 5.92 Å². The van der Waals surface area contributed by atoms with Crippen molar-refractivity contribution >= 4 is 0 Å². The lowest BCUT2D eigenvalue weighted by molar-refractivity contribution is 0.181. The number of benzene rings is 1. The minimum atomic E-state index is -0.681. The fourth-order valence-corrected chi connectivity index (χ4v) is 2.52. The van der Waals surface area contributed by atoms with Crippen LogP contribution in [-0.4, -0.2) is 26.4 Å². The van der Waals surface area contributed by atoms with Crippen molar-refractivity contribution in [3.8, 4) is 5.75 Å². The maximum atomic E-state index is 14.1. The number of halogens is 1. The predicted molar refractivity (Wildman–Crippen MR) is 71.8 cm³/mol. The van der Waals surface area contributed by atoms with Gasteiger partial charge in [-0.2, -0.15) is 0 Å². The summed E-state index contributed by atoms with van der Waals surface area (Å²) in [6, 6.07) is 7.91. The zero-order valence-corrected chi connectivity index (χ0v) is 11.0. The van der Waals surface area contributed by atoms with Crippen molar-refractivity contribution in [2.24, 2.45) is 5.92 Å². The molecule has 2 atom stereocenters. The van der Waals surface area contributed by atoms with Crippen molar-refractivity contribution < 1.29 is 9.13 Å². The molecule has 0 saturated carbocycles. The minimum absolute atomic E-state index is 0.206.